The zero-order chi connectivity index (χ0) is 40.0. The summed E-state index contributed by atoms with van der Waals surface area (Å²) in [6.07, 6.45) is 0. The number of hydrogen-bond donors (Lipinski definition) is 0. The summed E-state index contributed by atoms with van der Waals surface area (Å²) in [5.41, 5.74) is 12.2. The third-order valence-corrected chi connectivity index (χ3v) is 12.1. The molecule has 0 bridgehead atoms. The Bertz CT molecular complexity index is 3810. The molecule has 7 nitrogen and oxygen atoms in total. The van der Waals surface area contributed by atoms with Crippen molar-refractivity contribution in [3.8, 4) is 45.5 Å². The van der Waals surface area contributed by atoms with Crippen LogP contribution in [0.2, 0.25) is 0 Å². The van der Waals surface area contributed by atoms with Crippen molar-refractivity contribution >= 4 is 71.2 Å². The third kappa shape index (κ3) is 5.04. The van der Waals surface area contributed by atoms with Gasteiger partial charge in [-0.2, -0.15) is 9.97 Å². The van der Waals surface area contributed by atoms with Crippen molar-refractivity contribution in [2.45, 2.75) is 0 Å². The minimum absolute atomic E-state index is 0.523. The molecule has 0 aliphatic rings. The van der Waals surface area contributed by atoms with Crippen molar-refractivity contribution in [3.63, 3.8) is 0 Å². The highest BCUT2D eigenvalue weighted by Gasteiger charge is 2.25. The van der Waals surface area contributed by atoms with E-state index in [1.165, 1.54) is 21.8 Å². The summed E-state index contributed by atoms with van der Waals surface area (Å²) in [5.74, 6) is 1.72. The van der Waals surface area contributed by atoms with E-state index in [4.69, 9.17) is 19.9 Å². The fraction of sp³-hybridized carbons (Fsp3) is 0. The van der Waals surface area contributed by atoms with E-state index in [2.05, 4.69) is 153 Å². The summed E-state index contributed by atoms with van der Waals surface area (Å²) >= 11 is 0. The molecule has 0 unspecified atom stereocenters. The summed E-state index contributed by atoms with van der Waals surface area (Å²) in [6, 6.07) is 70.2. The molecule has 0 saturated heterocycles. The predicted molar refractivity (Wildman–Crippen MR) is 249 cm³/mol. The van der Waals surface area contributed by atoms with Crippen molar-refractivity contribution in [2.24, 2.45) is 0 Å². The number of rotatable bonds is 5. The fourth-order valence-electron chi connectivity index (χ4n) is 9.34. The molecule has 0 amide bonds. The number of nitrogens with zero attached hydrogens (tertiary/aromatic N) is 7. The highest BCUT2D eigenvalue weighted by Crippen LogP contribution is 2.41. The van der Waals surface area contributed by atoms with Crippen molar-refractivity contribution in [2.75, 3.05) is 0 Å². The molecule has 0 spiro atoms. The van der Waals surface area contributed by atoms with Crippen LogP contribution < -0.4 is 0 Å². The summed E-state index contributed by atoms with van der Waals surface area (Å²) in [5, 5.41) is 6.83. The minimum Gasteiger partial charge on any atom is -0.309 e. The second-order valence-corrected chi connectivity index (χ2v) is 15.5. The Morgan fingerprint density at radius 3 is 1.46 bits per heavy atom. The number of para-hydroxylation sites is 3. The van der Waals surface area contributed by atoms with E-state index >= 15 is 0 Å². The van der Waals surface area contributed by atoms with Gasteiger partial charge in [-0.05, 0) is 65.0 Å². The Balaban J connectivity index is 1.12. The highest BCUT2D eigenvalue weighted by atomic mass is 15.3. The Morgan fingerprint density at radius 2 is 0.803 bits per heavy atom. The van der Waals surface area contributed by atoms with Gasteiger partial charge in [0.05, 0.1) is 22.1 Å². The molecule has 0 radical (unpaired) electrons. The number of imidazole rings is 1. The SMILES string of the molecule is c1ccc(-c2nc(-c3ccccc3)nc(-n3c4ccc(-c5ccc6c(c5)c5ccccc5n6-c5ccccc5)cc4c4nc5c6ccccc6c6ccccc6n5c43)n2)cc1. The van der Waals surface area contributed by atoms with Crippen LogP contribution in [-0.4, -0.2) is 33.5 Å². The van der Waals surface area contributed by atoms with Crippen LogP contribution >= 0.6 is 0 Å². The average molecular weight is 780 g/mol. The van der Waals surface area contributed by atoms with Gasteiger partial charge in [0.15, 0.2) is 17.3 Å². The van der Waals surface area contributed by atoms with E-state index in [-0.39, 0.29) is 0 Å². The van der Waals surface area contributed by atoms with Gasteiger partial charge in [0.2, 0.25) is 5.95 Å². The van der Waals surface area contributed by atoms with Gasteiger partial charge in [-0.15, -0.1) is 0 Å². The lowest BCUT2D eigenvalue weighted by atomic mass is 10.0. The van der Waals surface area contributed by atoms with Gasteiger partial charge in [-0.3, -0.25) is 8.97 Å². The van der Waals surface area contributed by atoms with E-state index in [9.17, 15) is 0 Å². The summed E-state index contributed by atoms with van der Waals surface area (Å²) in [6.45, 7) is 0. The highest BCUT2D eigenvalue weighted by molar-refractivity contribution is 6.17. The molecule has 7 heteroatoms. The number of hydrogen-bond acceptors (Lipinski definition) is 4. The summed E-state index contributed by atoms with van der Waals surface area (Å²) in [4.78, 5) is 21.1. The first-order chi connectivity index (χ1) is 30.3. The van der Waals surface area contributed by atoms with Crippen LogP contribution in [0.1, 0.15) is 0 Å². The van der Waals surface area contributed by atoms with Crippen LogP contribution in [0.15, 0.2) is 200 Å². The maximum absolute atomic E-state index is 5.56. The number of benzene rings is 8. The van der Waals surface area contributed by atoms with Crippen molar-refractivity contribution < 1.29 is 0 Å². The first-order valence-electron chi connectivity index (χ1n) is 20.5. The quantitative estimate of drug-likeness (QED) is 0.163. The van der Waals surface area contributed by atoms with Crippen molar-refractivity contribution in [1.82, 2.24) is 33.5 Å². The standard InChI is InChI=1S/C54H33N7/c1-4-16-34(17-5-1)50-56-51(35-18-6-2-7-19-35)58-54(57-50)61-48-31-29-37(36-28-30-47-43(32-36)41-24-13-14-26-45(41)59(47)38-20-8-3-9-21-38)33-44(48)49-53(61)60-46-27-15-12-23-40(46)39-22-10-11-25-42(39)52(60)55-49/h1-33H. The lowest BCUT2D eigenvalue weighted by Crippen LogP contribution is -2.07. The Hall–Kier alpha value is -8.42. The van der Waals surface area contributed by atoms with Crippen LogP contribution in [0.3, 0.4) is 0 Å². The van der Waals surface area contributed by atoms with E-state index in [1.54, 1.807) is 0 Å². The Morgan fingerprint density at radius 1 is 0.311 bits per heavy atom. The lowest BCUT2D eigenvalue weighted by Gasteiger charge is -2.13. The van der Waals surface area contributed by atoms with Gasteiger partial charge in [0.25, 0.3) is 0 Å². The predicted octanol–water partition coefficient (Wildman–Crippen LogP) is 13.0. The largest absolute Gasteiger partial charge is 0.309 e. The van der Waals surface area contributed by atoms with Crippen LogP contribution in [0.25, 0.3) is 117 Å². The molecular weight excluding hydrogens is 747 g/mol. The molecule has 0 saturated carbocycles. The van der Waals surface area contributed by atoms with Crippen LogP contribution in [0.4, 0.5) is 0 Å². The molecule has 8 aromatic carbocycles. The smallest absolute Gasteiger partial charge is 0.240 e. The second-order valence-electron chi connectivity index (χ2n) is 15.5. The second kappa shape index (κ2) is 13.0. The summed E-state index contributed by atoms with van der Waals surface area (Å²) < 4.78 is 6.84. The molecule has 61 heavy (non-hydrogen) atoms. The van der Waals surface area contributed by atoms with Crippen molar-refractivity contribution in [1.29, 1.82) is 0 Å². The molecule has 284 valence electrons. The fourth-order valence-corrected chi connectivity index (χ4v) is 9.34. The molecule has 0 atom stereocenters. The lowest BCUT2D eigenvalue weighted by molar-refractivity contribution is 0.942. The zero-order valence-corrected chi connectivity index (χ0v) is 32.7. The molecule has 13 rings (SSSR count). The topological polar surface area (TPSA) is 65.8 Å². The zero-order valence-electron chi connectivity index (χ0n) is 32.7. The van der Waals surface area contributed by atoms with E-state index in [0.29, 0.717) is 17.6 Å². The molecule has 0 N–H and O–H groups in total. The monoisotopic (exact) mass is 779 g/mol. The third-order valence-electron chi connectivity index (χ3n) is 12.1. The van der Waals surface area contributed by atoms with Gasteiger partial charge >= 0.3 is 0 Å². The van der Waals surface area contributed by atoms with Crippen LogP contribution in [0.5, 0.6) is 0 Å². The molecule has 0 aliphatic heterocycles. The van der Waals surface area contributed by atoms with Gasteiger partial charge in [0, 0.05) is 43.7 Å². The molecule has 5 aromatic heterocycles. The van der Waals surface area contributed by atoms with Gasteiger partial charge < -0.3 is 4.57 Å². The Labute approximate surface area is 349 Å². The van der Waals surface area contributed by atoms with E-state index in [1.807, 2.05) is 60.7 Å². The normalized spacial score (nSPS) is 11.9. The molecule has 0 aliphatic carbocycles. The van der Waals surface area contributed by atoms with E-state index < -0.39 is 0 Å². The van der Waals surface area contributed by atoms with Crippen molar-refractivity contribution in [3.05, 3.63) is 200 Å². The van der Waals surface area contributed by atoms with Gasteiger partial charge in [-0.25, -0.2) is 9.97 Å². The van der Waals surface area contributed by atoms with Gasteiger partial charge in [0.1, 0.15) is 11.2 Å². The maximum Gasteiger partial charge on any atom is 0.240 e. The average Bonchev–Trinajstić information content (AvgIpc) is 3.99. The first-order valence-corrected chi connectivity index (χ1v) is 20.5. The number of aromatic nitrogens is 7. The first kappa shape index (κ1) is 33.5. The van der Waals surface area contributed by atoms with Gasteiger partial charge in [-0.1, -0.05) is 152 Å². The van der Waals surface area contributed by atoms with Crippen LogP contribution in [0, 0.1) is 0 Å². The molecule has 5 heterocycles. The summed E-state index contributed by atoms with van der Waals surface area (Å²) in [7, 11) is 0. The molecular formula is C54H33N7. The number of pyridine rings is 1. The maximum atomic E-state index is 5.56. The minimum atomic E-state index is 0.523. The molecule has 13 aromatic rings. The van der Waals surface area contributed by atoms with E-state index in [0.717, 1.165) is 77.3 Å². The Kier molecular flexibility index (Phi) is 7.17. The molecule has 0 fully saturated rings. The number of fused-ring (bicyclic) bond motifs is 13. The van der Waals surface area contributed by atoms with Crippen LogP contribution in [-0.2, 0) is 0 Å².